The topological polar surface area (TPSA) is 79.4 Å². The normalized spacial score (nSPS) is 10.5. The van der Waals surface area contributed by atoms with Crippen LogP contribution >= 0.6 is 0 Å². The van der Waals surface area contributed by atoms with E-state index in [1.165, 1.54) is 24.3 Å². The molecule has 1 aromatic heterocycles. The molecule has 0 radical (unpaired) electrons. The molecule has 0 aliphatic heterocycles. The Morgan fingerprint density at radius 2 is 1.65 bits per heavy atom. The van der Waals surface area contributed by atoms with Gasteiger partial charge in [0.25, 0.3) is 5.91 Å². The number of anilines is 4. The largest absolute Gasteiger partial charge is 0.484 e. The van der Waals surface area contributed by atoms with Gasteiger partial charge in [-0.05, 0) is 69.3 Å². The molecule has 3 aromatic rings. The number of carbonyl (C=O) groups is 1. The van der Waals surface area contributed by atoms with Crippen molar-refractivity contribution < 1.29 is 13.9 Å². The smallest absolute Gasteiger partial charge is 0.262 e. The predicted octanol–water partition coefficient (Wildman–Crippen LogP) is 4.53. The molecule has 8 heteroatoms. The Morgan fingerprint density at radius 3 is 2.29 bits per heavy atom. The van der Waals surface area contributed by atoms with E-state index in [0.717, 1.165) is 30.3 Å². The van der Waals surface area contributed by atoms with Crippen molar-refractivity contribution in [1.82, 2.24) is 9.97 Å². The Balaban J connectivity index is 1.57. The van der Waals surface area contributed by atoms with Crippen molar-refractivity contribution in [3.05, 3.63) is 66.1 Å². The lowest BCUT2D eigenvalue weighted by Gasteiger charge is -2.20. The molecular formula is C23H26FN5O2. The van der Waals surface area contributed by atoms with Crippen molar-refractivity contribution in [2.24, 2.45) is 0 Å². The SMILES string of the molecule is CCN(CC)c1cc(C)nc(Nc2ccc(NC(=O)COc3ccc(F)cc3)cc2)n1. The fraction of sp³-hybridized carbons (Fsp3) is 0.261. The Kier molecular flexibility index (Phi) is 7.37. The zero-order valence-corrected chi connectivity index (χ0v) is 17.9. The number of aromatic nitrogens is 2. The van der Waals surface area contributed by atoms with Crippen LogP contribution in [0.15, 0.2) is 54.6 Å². The highest BCUT2D eigenvalue weighted by Gasteiger charge is 2.09. The van der Waals surface area contributed by atoms with E-state index in [1.807, 2.05) is 25.1 Å². The highest BCUT2D eigenvalue weighted by molar-refractivity contribution is 5.92. The Labute approximate surface area is 181 Å². The van der Waals surface area contributed by atoms with Gasteiger partial charge in [-0.1, -0.05) is 0 Å². The van der Waals surface area contributed by atoms with E-state index < -0.39 is 0 Å². The maximum Gasteiger partial charge on any atom is 0.262 e. The number of benzene rings is 2. The van der Waals surface area contributed by atoms with Crippen LogP contribution in [-0.2, 0) is 4.79 Å². The van der Waals surface area contributed by atoms with Crippen molar-refractivity contribution in [1.29, 1.82) is 0 Å². The highest BCUT2D eigenvalue weighted by Crippen LogP contribution is 2.20. The minimum Gasteiger partial charge on any atom is -0.484 e. The first-order valence-corrected chi connectivity index (χ1v) is 10.1. The van der Waals surface area contributed by atoms with Gasteiger partial charge in [0, 0.05) is 36.2 Å². The summed E-state index contributed by atoms with van der Waals surface area (Å²) in [4.78, 5) is 23.3. The number of nitrogens with one attached hydrogen (secondary N) is 2. The second kappa shape index (κ2) is 10.4. The third-order valence-corrected chi connectivity index (χ3v) is 4.54. The van der Waals surface area contributed by atoms with E-state index in [2.05, 4.69) is 39.3 Å². The molecule has 7 nitrogen and oxygen atoms in total. The number of carbonyl (C=O) groups excluding carboxylic acids is 1. The molecule has 0 unspecified atom stereocenters. The van der Waals surface area contributed by atoms with Crippen LogP contribution in [0.3, 0.4) is 0 Å². The zero-order valence-electron chi connectivity index (χ0n) is 17.9. The number of amides is 1. The molecule has 0 saturated heterocycles. The summed E-state index contributed by atoms with van der Waals surface area (Å²) >= 11 is 0. The lowest BCUT2D eigenvalue weighted by Crippen LogP contribution is -2.23. The second-order valence-electron chi connectivity index (χ2n) is 6.86. The molecule has 2 N–H and O–H groups in total. The first kappa shape index (κ1) is 22.0. The summed E-state index contributed by atoms with van der Waals surface area (Å²) in [6, 6.07) is 14.7. The molecule has 1 amide bonds. The van der Waals surface area contributed by atoms with E-state index in [-0.39, 0.29) is 18.3 Å². The van der Waals surface area contributed by atoms with Crippen LogP contribution in [0, 0.1) is 12.7 Å². The second-order valence-corrected chi connectivity index (χ2v) is 6.86. The number of rotatable bonds is 9. The van der Waals surface area contributed by atoms with Crippen LogP contribution in [-0.4, -0.2) is 35.6 Å². The van der Waals surface area contributed by atoms with Gasteiger partial charge in [-0.25, -0.2) is 9.37 Å². The molecule has 31 heavy (non-hydrogen) atoms. The van der Waals surface area contributed by atoms with Crippen molar-refractivity contribution >= 4 is 29.0 Å². The van der Waals surface area contributed by atoms with Gasteiger partial charge < -0.3 is 20.3 Å². The Morgan fingerprint density at radius 1 is 1.00 bits per heavy atom. The summed E-state index contributed by atoms with van der Waals surface area (Å²) in [7, 11) is 0. The van der Waals surface area contributed by atoms with Gasteiger partial charge in [-0.2, -0.15) is 4.98 Å². The molecule has 2 aromatic carbocycles. The lowest BCUT2D eigenvalue weighted by molar-refractivity contribution is -0.118. The highest BCUT2D eigenvalue weighted by atomic mass is 19.1. The molecule has 0 bridgehead atoms. The summed E-state index contributed by atoms with van der Waals surface area (Å²) in [6.07, 6.45) is 0. The number of ether oxygens (including phenoxy) is 1. The fourth-order valence-electron chi connectivity index (χ4n) is 2.96. The van der Waals surface area contributed by atoms with Crippen LogP contribution in [0.4, 0.5) is 27.5 Å². The molecule has 0 aliphatic rings. The van der Waals surface area contributed by atoms with Gasteiger partial charge >= 0.3 is 0 Å². The van der Waals surface area contributed by atoms with E-state index in [0.29, 0.717) is 17.4 Å². The molecular weight excluding hydrogens is 397 g/mol. The molecule has 3 rings (SSSR count). The van der Waals surface area contributed by atoms with E-state index >= 15 is 0 Å². The van der Waals surface area contributed by atoms with Gasteiger partial charge in [-0.3, -0.25) is 4.79 Å². The molecule has 162 valence electrons. The maximum atomic E-state index is 12.9. The summed E-state index contributed by atoms with van der Waals surface area (Å²) in [5.41, 5.74) is 2.31. The third kappa shape index (κ3) is 6.40. The van der Waals surface area contributed by atoms with Gasteiger partial charge in [0.05, 0.1) is 0 Å². The minimum atomic E-state index is -0.356. The van der Waals surface area contributed by atoms with Crippen LogP contribution in [0.5, 0.6) is 5.75 Å². The van der Waals surface area contributed by atoms with Crippen LogP contribution in [0.2, 0.25) is 0 Å². The molecule has 0 spiro atoms. The summed E-state index contributed by atoms with van der Waals surface area (Å²) in [6.45, 7) is 7.68. The van der Waals surface area contributed by atoms with Crippen molar-refractivity contribution in [3.8, 4) is 5.75 Å². The first-order chi connectivity index (χ1) is 15.0. The van der Waals surface area contributed by atoms with E-state index in [4.69, 9.17) is 4.74 Å². The van der Waals surface area contributed by atoms with Crippen LogP contribution in [0.1, 0.15) is 19.5 Å². The van der Waals surface area contributed by atoms with Crippen molar-refractivity contribution in [2.75, 3.05) is 35.2 Å². The predicted molar refractivity (Wildman–Crippen MR) is 121 cm³/mol. The van der Waals surface area contributed by atoms with Crippen molar-refractivity contribution in [2.45, 2.75) is 20.8 Å². The summed E-state index contributed by atoms with van der Waals surface area (Å²) in [5.74, 6) is 1.16. The average molecular weight is 423 g/mol. The van der Waals surface area contributed by atoms with E-state index in [9.17, 15) is 9.18 Å². The zero-order chi connectivity index (χ0) is 22.2. The number of hydrogen-bond acceptors (Lipinski definition) is 6. The van der Waals surface area contributed by atoms with Gasteiger partial charge in [0.2, 0.25) is 5.95 Å². The van der Waals surface area contributed by atoms with Gasteiger partial charge in [0.1, 0.15) is 17.4 Å². The number of nitrogens with zero attached hydrogens (tertiary/aromatic N) is 3. The van der Waals surface area contributed by atoms with E-state index in [1.54, 1.807) is 12.1 Å². The summed E-state index contributed by atoms with van der Waals surface area (Å²) in [5, 5.41) is 5.96. The minimum absolute atomic E-state index is 0.170. The number of aryl methyl sites for hydroxylation is 1. The third-order valence-electron chi connectivity index (χ3n) is 4.54. The standard InChI is InChI=1S/C23H26FN5O2/c1-4-29(5-2)21-14-16(3)25-23(28-21)27-19-10-8-18(9-11-19)26-22(30)15-31-20-12-6-17(24)7-13-20/h6-14H,4-5,15H2,1-3H3,(H,26,30)(H,25,27,28). The van der Waals surface area contributed by atoms with Gasteiger partial charge in [-0.15, -0.1) is 0 Å². The molecule has 0 aliphatic carbocycles. The Hall–Kier alpha value is -3.68. The average Bonchev–Trinajstić information content (AvgIpc) is 2.75. The molecule has 0 atom stereocenters. The van der Waals surface area contributed by atoms with Crippen molar-refractivity contribution in [3.63, 3.8) is 0 Å². The van der Waals surface area contributed by atoms with Gasteiger partial charge in [0.15, 0.2) is 6.61 Å². The maximum absolute atomic E-state index is 12.9. The molecule has 0 fully saturated rings. The fourth-order valence-corrected chi connectivity index (χ4v) is 2.96. The Bertz CT molecular complexity index is 1010. The quantitative estimate of drug-likeness (QED) is 0.526. The first-order valence-electron chi connectivity index (χ1n) is 10.1. The van der Waals surface area contributed by atoms with Crippen LogP contribution in [0.25, 0.3) is 0 Å². The number of hydrogen-bond donors (Lipinski definition) is 2. The number of halogens is 1. The molecule has 1 heterocycles. The monoisotopic (exact) mass is 423 g/mol. The van der Waals surface area contributed by atoms with Crippen LogP contribution < -0.4 is 20.3 Å². The summed E-state index contributed by atoms with van der Waals surface area (Å²) < 4.78 is 18.2. The molecule has 0 saturated carbocycles. The lowest BCUT2D eigenvalue weighted by atomic mass is 10.3.